The van der Waals surface area contributed by atoms with E-state index in [2.05, 4.69) is 18.8 Å². The number of benzene rings is 1. The number of thiazole rings is 1. The molecule has 1 aliphatic carbocycles. The number of rotatable bonds is 3. The van der Waals surface area contributed by atoms with Crippen LogP contribution in [0.2, 0.25) is 0 Å². The fraction of sp³-hybridized carbons (Fsp3) is 0.588. The molecule has 1 aromatic heterocycles. The van der Waals surface area contributed by atoms with E-state index in [1.165, 1.54) is 12.8 Å². The zero-order chi connectivity index (χ0) is 15.7. The number of methoxy groups -OCH3 is 1. The second kappa shape index (κ2) is 9.61. The van der Waals surface area contributed by atoms with Gasteiger partial charge in [0.05, 0.1) is 23.4 Å². The van der Waals surface area contributed by atoms with Crippen LogP contribution in [0.15, 0.2) is 17.6 Å². The molecule has 4 heteroatoms. The largest absolute Gasteiger partial charge is 0.497 e. The molecule has 118 valence electrons. The van der Waals surface area contributed by atoms with Crippen LogP contribution in [0, 0.1) is 0 Å². The highest BCUT2D eigenvalue weighted by molar-refractivity contribution is 7.16. The Labute approximate surface area is 132 Å². The van der Waals surface area contributed by atoms with Gasteiger partial charge >= 0.3 is 0 Å². The summed E-state index contributed by atoms with van der Waals surface area (Å²) in [5.74, 6) is 1.70. The Hall–Kier alpha value is -1.29. The van der Waals surface area contributed by atoms with Crippen molar-refractivity contribution in [2.75, 3.05) is 7.11 Å². The maximum atomic E-state index is 5.93. The summed E-state index contributed by atoms with van der Waals surface area (Å²) in [7, 11) is 1.68. The van der Waals surface area contributed by atoms with E-state index in [4.69, 9.17) is 9.47 Å². The molecule has 0 N–H and O–H groups in total. The van der Waals surface area contributed by atoms with Gasteiger partial charge in [0.1, 0.15) is 11.3 Å². The van der Waals surface area contributed by atoms with Crippen LogP contribution in [0.25, 0.3) is 10.2 Å². The Morgan fingerprint density at radius 3 is 2.43 bits per heavy atom. The molecule has 0 unspecified atom stereocenters. The molecule has 0 amide bonds. The van der Waals surface area contributed by atoms with Gasteiger partial charge < -0.3 is 9.47 Å². The van der Waals surface area contributed by atoms with Gasteiger partial charge in [-0.25, -0.2) is 4.98 Å². The van der Waals surface area contributed by atoms with Crippen LogP contribution < -0.4 is 9.47 Å². The highest BCUT2D eigenvalue weighted by Gasteiger charge is 2.21. The number of hydrogen-bond donors (Lipinski definition) is 0. The second-order valence-electron chi connectivity index (χ2n) is 4.70. The van der Waals surface area contributed by atoms with Gasteiger partial charge in [-0.05, 0) is 25.3 Å². The van der Waals surface area contributed by atoms with Crippen molar-refractivity contribution in [1.82, 2.24) is 4.98 Å². The number of fused-ring (bicyclic) bond motifs is 1. The number of aromatic nitrogens is 1. The molecule has 3 rings (SSSR count). The number of ether oxygens (including phenoxy) is 2. The fourth-order valence-corrected chi connectivity index (χ4v) is 2.51. The molecule has 0 bridgehead atoms. The summed E-state index contributed by atoms with van der Waals surface area (Å²) in [5.41, 5.74) is 2.80. The quantitative estimate of drug-likeness (QED) is 0.731. The molecule has 0 atom stereocenters. The van der Waals surface area contributed by atoms with Crippen LogP contribution in [0.4, 0.5) is 0 Å². The van der Waals surface area contributed by atoms with Gasteiger partial charge in [-0.3, -0.25) is 0 Å². The molecule has 1 fully saturated rings. The van der Waals surface area contributed by atoms with Gasteiger partial charge in [0.15, 0.2) is 5.75 Å². The van der Waals surface area contributed by atoms with Gasteiger partial charge in [0.2, 0.25) is 0 Å². The lowest BCUT2D eigenvalue weighted by molar-refractivity contribution is 0.121. The average Bonchev–Trinajstić information content (AvgIpc) is 2.94. The summed E-state index contributed by atoms with van der Waals surface area (Å²) < 4.78 is 12.3. The molecule has 21 heavy (non-hydrogen) atoms. The predicted molar refractivity (Wildman–Crippen MR) is 91.8 cm³/mol. The smallest absolute Gasteiger partial charge is 0.150 e. The minimum Gasteiger partial charge on any atom is -0.497 e. The first-order valence-electron chi connectivity index (χ1n) is 7.86. The Bertz CT molecular complexity index is 520. The van der Waals surface area contributed by atoms with Crippen molar-refractivity contribution < 1.29 is 9.47 Å². The van der Waals surface area contributed by atoms with Crippen molar-refractivity contribution in [1.29, 1.82) is 0 Å². The van der Waals surface area contributed by atoms with Crippen LogP contribution in [0.3, 0.4) is 0 Å². The second-order valence-corrected chi connectivity index (χ2v) is 5.59. The molecule has 1 heterocycles. The van der Waals surface area contributed by atoms with E-state index < -0.39 is 0 Å². The van der Waals surface area contributed by atoms with Crippen LogP contribution in [-0.2, 0) is 0 Å². The van der Waals surface area contributed by atoms with Crippen LogP contribution >= 0.6 is 11.3 Å². The molecular formula is C17H27NO2S. The summed E-state index contributed by atoms with van der Waals surface area (Å²) in [5, 5.41) is 0. The minimum atomic E-state index is 0.372. The molecule has 1 aliphatic rings. The molecule has 0 radical (unpaired) electrons. The van der Waals surface area contributed by atoms with E-state index in [0.29, 0.717) is 6.10 Å². The Morgan fingerprint density at radius 1 is 1.24 bits per heavy atom. The van der Waals surface area contributed by atoms with Crippen LogP contribution in [0.1, 0.15) is 53.4 Å². The minimum absolute atomic E-state index is 0.372. The molecule has 0 spiro atoms. The lowest BCUT2D eigenvalue weighted by atomic mass is 9.96. The normalized spacial score (nSPS) is 13.4. The molecule has 0 aliphatic heterocycles. The third-order valence-corrected chi connectivity index (χ3v) is 3.73. The Balaban J connectivity index is 0.000000395. The van der Waals surface area contributed by atoms with Crippen molar-refractivity contribution in [3.63, 3.8) is 0 Å². The lowest BCUT2D eigenvalue weighted by Gasteiger charge is -2.26. The first-order valence-corrected chi connectivity index (χ1v) is 8.74. The molecule has 3 nitrogen and oxygen atoms in total. The van der Waals surface area contributed by atoms with E-state index >= 15 is 0 Å². The number of nitrogens with zero attached hydrogens (tertiary/aromatic N) is 1. The molecule has 2 aromatic rings. The first-order chi connectivity index (χ1) is 10.3. The monoisotopic (exact) mass is 309 g/mol. The molecule has 0 saturated heterocycles. The van der Waals surface area contributed by atoms with E-state index in [1.807, 2.05) is 31.5 Å². The van der Waals surface area contributed by atoms with Gasteiger partial charge in [-0.2, -0.15) is 0 Å². The number of hydrogen-bond acceptors (Lipinski definition) is 4. The molecular weight excluding hydrogens is 282 g/mol. The molecule has 1 aromatic carbocycles. The van der Waals surface area contributed by atoms with Gasteiger partial charge in [0.25, 0.3) is 0 Å². The summed E-state index contributed by atoms with van der Waals surface area (Å²) in [4.78, 5) is 4.34. The van der Waals surface area contributed by atoms with Crippen molar-refractivity contribution in [2.24, 2.45) is 0 Å². The summed E-state index contributed by atoms with van der Waals surface area (Å²) in [6, 6.07) is 3.93. The highest BCUT2D eigenvalue weighted by Crippen LogP contribution is 2.35. The fourth-order valence-electron chi connectivity index (χ4n) is 1.79. The third kappa shape index (κ3) is 4.88. The van der Waals surface area contributed by atoms with E-state index in [1.54, 1.807) is 18.4 Å². The average molecular weight is 309 g/mol. The zero-order valence-corrected chi connectivity index (χ0v) is 14.6. The Morgan fingerprint density at radius 2 is 1.90 bits per heavy atom. The maximum Gasteiger partial charge on any atom is 0.150 e. The van der Waals surface area contributed by atoms with E-state index in [9.17, 15) is 0 Å². The molecule has 1 saturated carbocycles. The van der Waals surface area contributed by atoms with E-state index in [0.717, 1.165) is 34.6 Å². The van der Waals surface area contributed by atoms with Crippen molar-refractivity contribution in [3.8, 4) is 11.5 Å². The van der Waals surface area contributed by atoms with Gasteiger partial charge in [-0.1, -0.05) is 34.1 Å². The van der Waals surface area contributed by atoms with Gasteiger partial charge in [-0.15, -0.1) is 11.3 Å². The maximum absolute atomic E-state index is 5.93. The SMILES string of the molecule is CC.CCC.COc1cc(OC2CCC2)c2ncsc2c1. The van der Waals surface area contributed by atoms with Crippen LogP contribution in [0.5, 0.6) is 11.5 Å². The zero-order valence-electron chi connectivity index (χ0n) is 13.8. The Kier molecular flexibility index (Phi) is 8.13. The van der Waals surface area contributed by atoms with Crippen molar-refractivity contribution in [3.05, 3.63) is 17.6 Å². The highest BCUT2D eigenvalue weighted by atomic mass is 32.1. The summed E-state index contributed by atoms with van der Waals surface area (Å²) in [6.45, 7) is 8.25. The first kappa shape index (κ1) is 17.8. The van der Waals surface area contributed by atoms with Crippen molar-refractivity contribution >= 4 is 21.6 Å². The summed E-state index contributed by atoms with van der Waals surface area (Å²) >= 11 is 1.61. The third-order valence-electron chi connectivity index (χ3n) is 2.96. The lowest BCUT2D eigenvalue weighted by Crippen LogP contribution is -2.24. The van der Waals surface area contributed by atoms with Gasteiger partial charge in [0, 0.05) is 6.07 Å². The predicted octanol–water partition coefficient (Wildman–Crippen LogP) is 5.68. The summed E-state index contributed by atoms with van der Waals surface area (Å²) in [6.07, 6.45) is 5.21. The standard InChI is InChI=1S/C12H13NO2S.C3H8.C2H6/c1-14-9-5-10(15-8-3-2-4-8)12-11(6-9)16-7-13-12;1-3-2;1-2/h5-8H,2-4H2,1H3;3H2,1-2H3;1-2H3. The van der Waals surface area contributed by atoms with Crippen LogP contribution in [-0.4, -0.2) is 18.2 Å². The van der Waals surface area contributed by atoms with Crippen molar-refractivity contribution in [2.45, 2.75) is 59.5 Å². The van der Waals surface area contributed by atoms with E-state index in [-0.39, 0.29) is 0 Å². The topological polar surface area (TPSA) is 31.4 Å².